The Labute approximate surface area is 172 Å². The Morgan fingerprint density at radius 1 is 0.900 bits per heavy atom. The molecule has 0 fully saturated rings. The van der Waals surface area contributed by atoms with Gasteiger partial charge in [-0.2, -0.15) is 0 Å². The van der Waals surface area contributed by atoms with Gasteiger partial charge in [-0.25, -0.2) is 0 Å². The van der Waals surface area contributed by atoms with Crippen molar-refractivity contribution in [2.75, 3.05) is 12.4 Å². The molecule has 0 radical (unpaired) electrons. The summed E-state index contributed by atoms with van der Waals surface area (Å²) in [6, 6.07) is 21.6. The lowest BCUT2D eigenvalue weighted by Crippen LogP contribution is -2.38. The molecule has 152 valence electrons. The van der Waals surface area contributed by atoms with Crippen LogP contribution in [0.2, 0.25) is 0 Å². The first-order valence-electron chi connectivity index (χ1n) is 9.03. The third kappa shape index (κ3) is 4.79. The number of nitrogens with one attached hydrogen (secondary N) is 2. The molecule has 0 unspecified atom stereocenters. The van der Waals surface area contributed by atoms with E-state index in [0.717, 1.165) is 17.2 Å². The van der Waals surface area contributed by atoms with E-state index < -0.39 is 22.8 Å². The first-order valence-corrected chi connectivity index (χ1v) is 9.03. The zero-order chi connectivity index (χ0) is 21.5. The molecule has 2 N–H and O–H groups in total. The summed E-state index contributed by atoms with van der Waals surface area (Å²) in [6.07, 6.45) is 0. The van der Waals surface area contributed by atoms with Crippen LogP contribution < -0.4 is 15.4 Å². The highest BCUT2D eigenvalue weighted by Gasteiger charge is 2.23. The predicted octanol–water partition coefficient (Wildman–Crippen LogP) is 3.45. The molecule has 3 aromatic carbocycles. The van der Waals surface area contributed by atoms with Crippen LogP contribution in [-0.2, 0) is 9.59 Å². The number of nitro groups is 1. The van der Waals surface area contributed by atoms with Crippen LogP contribution in [-0.4, -0.2) is 23.8 Å². The fourth-order valence-corrected chi connectivity index (χ4v) is 2.93. The van der Waals surface area contributed by atoms with Crippen LogP contribution in [0.3, 0.4) is 0 Å². The number of carbonyl (C=O) groups excluding carboxylic acids is 2. The molecule has 0 saturated heterocycles. The van der Waals surface area contributed by atoms with Crippen LogP contribution in [0.25, 0.3) is 0 Å². The highest BCUT2D eigenvalue weighted by atomic mass is 16.6. The molecule has 0 saturated carbocycles. The first-order chi connectivity index (χ1) is 14.5. The normalized spacial score (nSPS) is 10.3. The van der Waals surface area contributed by atoms with E-state index in [-0.39, 0.29) is 17.1 Å². The maximum absolute atomic E-state index is 12.6. The number of hydrogen-bond acceptors (Lipinski definition) is 5. The second-order valence-corrected chi connectivity index (χ2v) is 6.32. The number of rotatable bonds is 6. The standard InChI is InChI=1S/C22H19N3O5/c1-30-19-13-12-17(25(28)29)14-18(19)23-21(26)22(27)24-20(15-8-4-2-5-9-15)16-10-6-3-7-11-16/h2-14,20H,1H3,(H,23,26)(H,24,27). The van der Waals surface area contributed by atoms with Crippen molar-refractivity contribution in [3.8, 4) is 5.75 Å². The lowest BCUT2D eigenvalue weighted by molar-refractivity contribution is -0.384. The monoisotopic (exact) mass is 405 g/mol. The van der Waals surface area contributed by atoms with Crippen molar-refractivity contribution in [3.63, 3.8) is 0 Å². The summed E-state index contributed by atoms with van der Waals surface area (Å²) in [6.45, 7) is 0. The number of nitrogens with zero attached hydrogens (tertiary/aromatic N) is 1. The van der Waals surface area contributed by atoms with Crippen molar-refractivity contribution in [1.29, 1.82) is 0 Å². The topological polar surface area (TPSA) is 111 Å². The van der Waals surface area contributed by atoms with Crippen molar-refractivity contribution in [1.82, 2.24) is 5.32 Å². The van der Waals surface area contributed by atoms with E-state index in [9.17, 15) is 19.7 Å². The second kappa shape index (κ2) is 9.33. The molecule has 0 heterocycles. The smallest absolute Gasteiger partial charge is 0.313 e. The van der Waals surface area contributed by atoms with Crippen molar-refractivity contribution >= 4 is 23.2 Å². The SMILES string of the molecule is COc1ccc([N+](=O)[O-])cc1NC(=O)C(=O)NC(c1ccccc1)c1ccccc1. The van der Waals surface area contributed by atoms with Gasteiger partial charge in [-0.15, -0.1) is 0 Å². The van der Waals surface area contributed by atoms with Crippen molar-refractivity contribution in [2.45, 2.75) is 6.04 Å². The summed E-state index contributed by atoms with van der Waals surface area (Å²) < 4.78 is 5.11. The number of methoxy groups -OCH3 is 1. The summed E-state index contributed by atoms with van der Waals surface area (Å²) in [7, 11) is 1.36. The third-order valence-electron chi connectivity index (χ3n) is 4.39. The first kappa shape index (κ1) is 20.5. The van der Waals surface area contributed by atoms with Crippen molar-refractivity contribution < 1.29 is 19.2 Å². The van der Waals surface area contributed by atoms with E-state index in [1.54, 1.807) is 0 Å². The molecule has 0 aliphatic rings. The Bertz CT molecular complexity index is 1020. The van der Waals surface area contributed by atoms with Crippen LogP contribution in [0.1, 0.15) is 17.2 Å². The number of benzene rings is 3. The molecule has 0 aromatic heterocycles. The Balaban J connectivity index is 1.82. The van der Waals surface area contributed by atoms with Gasteiger partial charge in [0.2, 0.25) is 0 Å². The Kier molecular flexibility index (Phi) is 6.39. The van der Waals surface area contributed by atoms with Crippen LogP contribution in [0, 0.1) is 10.1 Å². The molecule has 0 spiro atoms. The highest BCUT2D eigenvalue weighted by Crippen LogP contribution is 2.29. The van der Waals surface area contributed by atoms with Crippen LogP contribution in [0.15, 0.2) is 78.9 Å². The third-order valence-corrected chi connectivity index (χ3v) is 4.39. The Hall–Kier alpha value is -4.20. The van der Waals surface area contributed by atoms with Gasteiger partial charge in [-0.05, 0) is 17.2 Å². The number of anilines is 1. The lowest BCUT2D eigenvalue weighted by Gasteiger charge is -2.19. The van der Waals surface area contributed by atoms with Gasteiger partial charge >= 0.3 is 11.8 Å². The van der Waals surface area contributed by atoms with Gasteiger partial charge in [-0.3, -0.25) is 19.7 Å². The number of nitro benzene ring substituents is 1. The minimum atomic E-state index is -0.967. The fraction of sp³-hybridized carbons (Fsp3) is 0.0909. The van der Waals surface area contributed by atoms with Crippen LogP contribution >= 0.6 is 0 Å². The maximum Gasteiger partial charge on any atom is 0.313 e. The number of carbonyl (C=O) groups is 2. The Morgan fingerprint density at radius 3 is 1.97 bits per heavy atom. The second-order valence-electron chi connectivity index (χ2n) is 6.32. The van der Waals surface area contributed by atoms with E-state index in [1.807, 2.05) is 60.7 Å². The molecular formula is C22H19N3O5. The van der Waals surface area contributed by atoms with E-state index in [1.165, 1.54) is 19.2 Å². The summed E-state index contributed by atoms with van der Waals surface area (Å²) in [5.74, 6) is -1.66. The molecule has 2 amide bonds. The van der Waals surface area contributed by atoms with E-state index >= 15 is 0 Å². The Morgan fingerprint density at radius 2 is 1.47 bits per heavy atom. The highest BCUT2D eigenvalue weighted by molar-refractivity contribution is 6.40. The van der Waals surface area contributed by atoms with Gasteiger partial charge in [0.25, 0.3) is 5.69 Å². The zero-order valence-corrected chi connectivity index (χ0v) is 16.1. The summed E-state index contributed by atoms with van der Waals surface area (Å²) in [5, 5.41) is 16.1. The molecule has 3 rings (SSSR count). The quantitative estimate of drug-likeness (QED) is 0.371. The summed E-state index contributed by atoms with van der Waals surface area (Å²) in [5.41, 5.74) is 1.40. The zero-order valence-electron chi connectivity index (χ0n) is 16.1. The number of amides is 2. The largest absolute Gasteiger partial charge is 0.495 e. The molecule has 0 bridgehead atoms. The van der Waals surface area contributed by atoms with E-state index in [0.29, 0.717) is 0 Å². The minimum absolute atomic E-state index is 0.0304. The van der Waals surface area contributed by atoms with Crippen molar-refractivity contribution in [3.05, 3.63) is 100 Å². The molecular weight excluding hydrogens is 386 g/mol. The van der Waals surface area contributed by atoms with Gasteiger partial charge in [0.05, 0.1) is 23.8 Å². The molecule has 0 atom stereocenters. The summed E-state index contributed by atoms with van der Waals surface area (Å²) in [4.78, 5) is 35.5. The minimum Gasteiger partial charge on any atom is -0.495 e. The maximum atomic E-state index is 12.6. The van der Waals surface area contributed by atoms with Gasteiger partial charge in [0.1, 0.15) is 5.75 Å². The summed E-state index contributed by atoms with van der Waals surface area (Å²) >= 11 is 0. The van der Waals surface area contributed by atoms with E-state index in [4.69, 9.17) is 4.74 Å². The average molecular weight is 405 g/mol. The average Bonchev–Trinajstić information content (AvgIpc) is 2.78. The van der Waals surface area contributed by atoms with Gasteiger partial charge in [0.15, 0.2) is 0 Å². The number of non-ortho nitro benzene ring substituents is 1. The molecule has 0 aliphatic carbocycles. The fourth-order valence-electron chi connectivity index (χ4n) is 2.93. The van der Waals surface area contributed by atoms with Crippen LogP contribution in [0.5, 0.6) is 5.75 Å². The van der Waals surface area contributed by atoms with E-state index in [2.05, 4.69) is 10.6 Å². The molecule has 30 heavy (non-hydrogen) atoms. The van der Waals surface area contributed by atoms with Gasteiger partial charge < -0.3 is 15.4 Å². The molecule has 8 heteroatoms. The number of ether oxygens (including phenoxy) is 1. The lowest BCUT2D eigenvalue weighted by atomic mass is 9.99. The van der Waals surface area contributed by atoms with Crippen molar-refractivity contribution in [2.24, 2.45) is 0 Å². The molecule has 0 aliphatic heterocycles. The van der Waals surface area contributed by atoms with Gasteiger partial charge in [0, 0.05) is 12.1 Å². The number of hydrogen-bond donors (Lipinski definition) is 2. The molecule has 8 nitrogen and oxygen atoms in total. The van der Waals surface area contributed by atoms with Crippen LogP contribution in [0.4, 0.5) is 11.4 Å². The molecule has 3 aromatic rings. The van der Waals surface area contributed by atoms with Gasteiger partial charge in [-0.1, -0.05) is 60.7 Å². The predicted molar refractivity (Wildman–Crippen MR) is 111 cm³/mol.